The summed E-state index contributed by atoms with van der Waals surface area (Å²) in [6.45, 7) is 0.170. The molecular weight excluding hydrogens is 346 g/mol. The monoisotopic (exact) mass is 361 g/mol. The number of benzene rings is 1. The number of nitrogens with one attached hydrogen (secondary N) is 1. The quantitative estimate of drug-likeness (QED) is 0.814. The summed E-state index contributed by atoms with van der Waals surface area (Å²) in [7, 11) is -3.63. The number of carbonyl (C=O) groups is 1. The van der Waals surface area contributed by atoms with Crippen molar-refractivity contribution in [3.63, 3.8) is 0 Å². The van der Waals surface area contributed by atoms with Crippen molar-refractivity contribution in [3.8, 4) is 0 Å². The van der Waals surface area contributed by atoms with Crippen LogP contribution in [0.5, 0.6) is 0 Å². The molecule has 20 heavy (non-hydrogen) atoms. The summed E-state index contributed by atoms with van der Waals surface area (Å²) in [5, 5.41) is 8.92. The number of carboxylic acids is 1. The molecule has 1 aliphatic rings. The largest absolute Gasteiger partial charge is 0.481 e. The van der Waals surface area contributed by atoms with Crippen molar-refractivity contribution in [1.82, 2.24) is 4.72 Å². The van der Waals surface area contributed by atoms with E-state index in [-0.39, 0.29) is 17.9 Å². The van der Waals surface area contributed by atoms with Crippen LogP contribution in [0.4, 0.5) is 0 Å². The summed E-state index contributed by atoms with van der Waals surface area (Å²) in [6, 6.07) is 6.55. The molecule has 0 unspecified atom stereocenters. The van der Waals surface area contributed by atoms with Crippen LogP contribution in [0.1, 0.15) is 25.7 Å². The highest BCUT2D eigenvalue weighted by Gasteiger charge is 2.39. The molecule has 1 saturated carbocycles. The molecule has 1 aromatic rings. The van der Waals surface area contributed by atoms with Gasteiger partial charge in [-0.15, -0.1) is 0 Å². The molecule has 0 spiro atoms. The summed E-state index contributed by atoms with van der Waals surface area (Å²) in [5.41, 5.74) is -0.430. The second-order valence-corrected chi connectivity index (χ2v) is 7.77. The maximum Gasteiger partial charge on any atom is 0.303 e. The Balaban J connectivity index is 2.10. The van der Waals surface area contributed by atoms with Crippen molar-refractivity contribution in [2.75, 3.05) is 6.54 Å². The second kappa shape index (κ2) is 5.83. The van der Waals surface area contributed by atoms with Gasteiger partial charge in [0, 0.05) is 11.0 Å². The Hall–Kier alpha value is -0.920. The van der Waals surface area contributed by atoms with Crippen LogP contribution in [-0.2, 0) is 14.8 Å². The van der Waals surface area contributed by atoms with Gasteiger partial charge < -0.3 is 5.11 Å². The number of hydrogen-bond donors (Lipinski definition) is 2. The zero-order valence-corrected chi connectivity index (χ0v) is 13.2. The average Bonchev–Trinajstić information content (AvgIpc) is 2.32. The van der Waals surface area contributed by atoms with E-state index in [4.69, 9.17) is 5.11 Å². The Bertz CT molecular complexity index is 611. The lowest BCUT2D eigenvalue weighted by molar-refractivity contribution is -0.141. The van der Waals surface area contributed by atoms with Crippen molar-refractivity contribution in [3.05, 3.63) is 28.7 Å². The van der Waals surface area contributed by atoms with Gasteiger partial charge in [0.2, 0.25) is 10.0 Å². The van der Waals surface area contributed by atoms with Gasteiger partial charge in [0.15, 0.2) is 0 Å². The van der Waals surface area contributed by atoms with Crippen molar-refractivity contribution in [2.45, 2.75) is 30.6 Å². The fourth-order valence-electron chi connectivity index (χ4n) is 2.40. The van der Waals surface area contributed by atoms with Gasteiger partial charge in [-0.1, -0.05) is 18.6 Å². The maximum atomic E-state index is 12.2. The third-order valence-electron chi connectivity index (χ3n) is 3.70. The van der Waals surface area contributed by atoms with Gasteiger partial charge >= 0.3 is 5.97 Å². The number of rotatable bonds is 6. The molecule has 2 rings (SSSR count). The van der Waals surface area contributed by atoms with E-state index in [9.17, 15) is 13.2 Å². The molecule has 0 bridgehead atoms. The molecule has 1 aliphatic carbocycles. The second-order valence-electron chi connectivity index (χ2n) is 5.18. The van der Waals surface area contributed by atoms with Crippen LogP contribution in [0.2, 0.25) is 0 Å². The highest BCUT2D eigenvalue weighted by molar-refractivity contribution is 9.10. The SMILES string of the molecule is O=C(O)CC1(CNS(=O)(=O)c2ccccc2Br)CCC1. The Morgan fingerprint density at radius 3 is 2.50 bits per heavy atom. The zero-order valence-electron chi connectivity index (χ0n) is 10.8. The molecule has 5 nitrogen and oxygen atoms in total. The minimum Gasteiger partial charge on any atom is -0.481 e. The van der Waals surface area contributed by atoms with E-state index in [2.05, 4.69) is 20.7 Å². The Morgan fingerprint density at radius 1 is 1.35 bits per heavy atom. The van der Waals surface area contributed by atoms with E-state index in [1.54, 1.807) is 18.2 Å². The highest BCUT2D eigenvalue weighted by atomic mass is 79.9. The van der Waals surface area contributed by atoms with E-state index in [0.717, 1.165) is 19.3 Å². The van der Waals surface area contributed by atoms with Gasteiger partial charge in [-0.25, -0.2) is 13.1 Å². The van der Waals surface area contributed by atoms with Crippen LogP contribution in [0.15, 0.2) is 33.6 Å². The number of halogens is 1. The first-order valence-corrected chi connectivity index (χ1v) is 8.58. The lowest BCUT2D eigenvalue weighted by atomic mass is 9.67. The van der Waals surface area contributed by atoms with E-state index < -0.39 is 21.4 Å². The van der Waals surface area contributed by atoms with Crippen molar-refractivity contribution in [2.24, 2.45) is 5.41 Å². The Morgan fingerprint density at radius 2 is 2.00 bits per heavy atom. The third-order valence-corrected chi connectivity index (χ3v) is 6.12. The van der Waals surface area contributed by atoms with Gasteiger partial charge in [-0.2, -0.15) is 0 Å². The van der Waals surface area contributed by atoms with Crippen LogP contribution in [0.25, 0.3) is 0 Å². The van der Waals surface area contributed by atoms with Gasteiger partial charge in [0.05, 0.1) is 11.3 Å². The van der Waals surface area contributed by atoms with Crippen molar-refractivity contribution < 1.29 is 18.3 Å². The third kappa shape index (κ3) is 3.39. The molecule has 0 aliphatic heterocycles. The van der Waals surface area contributed by atoms with E-state index >= 15 is 0 Å². The Kier molecular flexibility index (Phi) is 4.51. The summed E-state index contributed by atoms with van der Waals surface area (Å²) in [6.07, 6.45) is 2.45. The molecule has 0 aromatic heterocycles. The van der Waals surface area contributed by atoms with Crippen LogP contribution >= 0.6 is 15.9 Å². The first-order valence-electron chi connectivity index (χ1n) is 6.31. The number of sulfonamides is 1. The van der Waals surface area contributed by atoms with Gasteiger partial charge in [-0.3, -0.25) is 4.79 Å². The standard InChI is InChI=1S/C13H16BrNO4S/c14-10-4-1-2-5-11(10)20(18,19)15-9-13(6-3-7-13)8-12(16)17/h1-2,4-5,15H,3,6-9H2,(H,16,17). The van der Waals surface area contributed by atoms with Crippen LogP contribution in [-0.4, -0.2) is 26.0 Å². The minimum atomic E-state index is -3.63. The molecule has 0 heterocycles. The lowest BCUT2D eigenvalue weighted by Gasteiger charge is -2.40. The summed E-state index contributed by atoms with van der Waals surface area (Å²) >= 11 is 3.21. The van der Waals surface area contributed by atoms with E-state index in [0.29, 0.717) is 4.47 Å². The number of carboxylic acid groups (broad SMARTS) is 1. The molecule has 2 N–H and O–H groups in total. The summed E-state index contributed by atoms with van der Waals surface area (Å²) in [4.78, 5) is 11.0. The molecule has 110 valence electrons. The summed E-state index contributed by atoms with van der Waals surface area (Å²) < 4.78 is 27.5. The highest BCUT2D eigenvalue weighted by Crippen LogP contribution is 2.43. The van der Waals surface area contributed by atoms with E-state index in [1.807, 2.05) is 0 Å². The van der Waals surface area contributed by atoms with Crippen molar-refractivity contribution >= 4 is 31.9 Å². The van der Waals surface area contributed by atoms with Gasteiger partial charge in [0.25, 0.3) is 0 Å². The normalized spacial score (nSPS) is 17.4. The average molecular weight is 362 g/mol. The Labute approximate surface area is 126 Å². The summed E-state index contributed by atoms with van der Waals surface area (Å²) in [5.74, 6) is -0.884. The maximum absolute atomic E-state index is 12.2. The smallest absolute Gasteiger partial charge is 0.303 e. The molecule has 0 amide bonds. The molecule has 0 atom stereocenters. The predicted octanol–water partition coefficient (Wildman–Crippen LogP) is 2.37. The topological polar surface area (TPSA) is 83.5 Å². The van der Waals surface area contributed by atoms with Gasteiger partial charge in [0.1, 0.15) is 0 Å². The first-order chi connectivity index (χ1) is 9.35. The predicted molar refractivity (Wildman–Crippen MR) is 77.9 cm³/mol. The van der Waals surface area contributed by atoms with Crippen LogP contribution in [0.3, 0.4) is 0 Å². The minimum absolute atomic E-state index is 0.00544. The number of hydrogen-bond acceptors (Lipinski definition) is 3. The molecule has 7 heteroatoms. The molecule has 0 radical (unpaired) electrons. The zero-order chi connectivity index (χ0) is 14.8. The molecule has 0 saturated heterocycles. The number of aliphatic carboxylic acids is 1. The van der Waals surface area contributed by atoms with Crippen LogP contribution in [0, 0.1) is 5.41 Å². The fraction of sp³-hybridized carbons (Fsp3) is 0.462. The van der Waals surface area contributed by atoms with Gasteiger partial charge in [-0.05, 0) is 46.3 Å². The van der Waals surface area contributed by atoms with Crippen molar-refractivity contribution in [1.29, 1.82) is 0 Å². The van der Waals surface area contributed by atoms with E-state index in [1.165, 1.54) is 6.07 Å². The van der Waals surface area contributed by atoms with Crippen LogP contribution < -0.4 is 4.72 Å². The first kappa shape index (κ1) is 15.5. The lowest BCUT2D eigenvalue weighted by Crippen LogP contribution is -2.43. The molecule has 1 aromatic carbocycles. The fourth-order valence-corrected chi connectivity index (χ4v) is 4.56. The molecular formula is C13H16BrNO4S. The molecule has 1 fully saturated rings.